The molecule has 0 bridgehead atoms. The second-order valence-electron chi connectivity index (χ2n) is 2.45. The molecule has 1 fully saturated rings. The van der Waals surface area contributed by atoms with Gasteiger partial charge in [-0.25, -0.2) is 4.79 Å². The normalized spacial score (nSPS) is 30.3. The van der Waals surface area contributed by atoms with E-state index >= 15 is 0 Å². The third kappa shape index (κ3) is 1.11. The fraction of sp³-hybridized carbons (Fsp3) is 0.429. The van der Waals surface area contributed by atoms with Gasteiger partial charge in [0.2, 0.25) is 0 Å². The van der Waals surface area contributed by atoms with Crippen LogP contribution in [0.4, 0.5) is 0 Å². The summed E-state index contributed by atoms with van der Waals surface area (Å²) in [5.41, 5.74) is 0.0324. The van der Waals surface area contributed by atoms with Gasteiger partial charge in [-0.2, -0.15) is 0 Å². The van der Waals surface area contributed by atoms with Gasteiger partial charge in [-0.15, -0.1) is 0 Å². The van der Waals surface area contributed by atoms with Crippen molar-refractivity contribution in [2.45, 2.75) is 13.0 Å². The lowest BCUT2D eigenvalue weighted by molar-refractivity contribution is -0.143. The molecule has 11 heavy (non-hydrogen) atoms. The van der Waals surface area contributed by atoms with Crippen LogP contribution in [0.5, 0.6) is 0 Å². The molecule has 2 atom stereocenters. The van der Waals surface area contributed by atoms with Crippen LogP contribution in [0, 0.1) is 5.92 Å². The van der Waals surface area contributed by atoms with Crippen molar-refractivity contribution in [3.8, 4) is 0 Å². The molecule has 0 aromatic heterocycles. The highest BCUT2D eigenvalue weighted by molar-refractivity contribution is 5.97. The van der Waals surface area contributed by atoms with Gasteiger partial charge < -0.3 is 9.84 Å². The Labute approximate surface area is 63.5 Å². The molecule has 1 N–H and O–H groups in total. The van der Waals surface area contributed by atoms with Gasteiger partial charge in [0.15, 0.2) is 0 Å². The quantitative estimate of drug-likeness (QED) is 0.434. The molecule has 0 aromatic carbocycles. The van der Waals surface area contributed by atoms with E-state index in [-0.39, 0.29) is 5.57 Å². The fourth-order valence-electron chi connectivity index (χ4n) is 1.07. The Hall–Kier alpha value is -1.32. The van der Waals surface area contributed by atoms with Crippen molar-refractivity contribution in [1.82, 2.24) is 0 Å². The van der Waals surface area contributed by atoms with Crippen LogP contribution in [0.15, 0.2) is 12.2 Å². The summed E-state index contributed by atoms with van der Waals surface area (Å²) in [4.78, 5) is 21.2. The van der Waals surface area contributed by atoms with E-state index < -0.39 is 24.0 Å². The minimum absolute atomic E-state index is 0.0324. The van der Waals surface area contributed by atoms with Gasteiger partial charge in [-0.1, -0.05) is 6.58 Å². The Balaban J connectivity index is 2.88. The second kappa shape index (κ2) is 2.38. The average Bonchev–Trinajstić information content (AvgIpc) is 2.07. The molecule has 0 saturated carbocycles. The molecule has 1 saturated heterocycles. The van der Waals surface area contributed by atoms with Crippen LogP contribution in [0.3, 0.4) is 0 Å². The molecule has 0 aliphatic carbocycles. The summed E-state index contributed by atoms with van der Waals surface area (Å²) in [5.74, 6) is -2.54. The molecule has 2 unspecified atom stereocenters. The van der Waals surface area contributed by atoms with Gasteiger partial charge >= 0.3 is 11.9 Å². The van der Waals surface area contributed by atoms with Gasteiger partial charge in [0.1, 0.15) is 12.0 Å². The molecule has 1 rings (SSSR count). The maximum absolute atomic E-state index is 10.7. The number of carboxylic acids is 1. The van der Waals surface area contributed by atoms with E-state index in [0.717, 1.165) is 0 Å². The highest BCUT2D eigenvalue weighted by Crippen LogP contribution is 2.25. The van der Waals surface area contributed by atoms with E-state index in [0.29, 0.717) is 0 Å². The van der Waals surface area contributed by atoms with Gasteiger partial charge in [0.25, 0.3) is 0 Å². The van der Waals surface area contributed by atoms with Gasteiger partial charge in [-0.3, -0.25) is 4.79 Å². The number of ether oxygens (including phenoxy) is 1. The smallest absolute Gasteiger partial charge is 0.334 e. The summed E-state index contributed by atoms with van der Waals surface area (Å²) < 4.78 is 4.63. The number of hydrogen-bond donors (Lipinski definition) is 1. The Morgan fingerprint density at radius 3 is 2.45 bits per heavy atom. The number of esters is 1. The van der Waals surface area contributed by atoms with E-state index in [4.69, 9.17) is 5.11 Å². The maximum atomic E-state index is 10.7. The largest absolute Gasteiger partial charge is 0.481 e. The van der Waals surface area contributed by atoms with Crippen LogP contribution in [0.25, 0.3) is 0 Å². The number of hydrogen-bond acceptors (Lipinski definition) is 3. The van der Waals surface area contributed by atoms with Crippen LogP contribution in [-0.4, -0.2) is 23.1 Å². The maximum Gasteiger partial charge on any atom is 0.334 e. The number of cyclic esters (lactones) is 1. The lowest BCUT2D eigenvalue weighted by atomic mass is 9.99. The lowest BCUT2D eigenvalue weighted by Crippen LogP contribution is -2.21. The zero-order chi connectivity index (χ0) is 8.59. The van der Waals surface area contributed by atoms with Crippen molar-refractivity contribution in [2.24, 2.45) is 5.92 Å². The van der Waals surface area contributed by atoms with Crippen LogP contribution >= 0.6 is 0 Å². The summed E-state index contributed by atoms with van der Waals surface area (Å²) in [7, 11) is 0. The first kappa shape index (κ1) is 7.78. The number of rotatable bonds is 1. The van der Waals surface area contributed by atoms with Crippen molar-refractivity contribution < 1.29 is 19.4 Å². The topological polar surface area (TPSA) is 63.6 Å². The van der Waals surface area contributed by atoms with Crippen LogP contribution in [0.1, 0.15) is 6.92 Å². The summed E-state index contributed by atoms with van der Waals surface area (Å²) in [6.45, 7) is 4.87. The highest BCUT2D eigenvalue weighted by Gasteiger charge is 2.40. The van der Waals surface area contributed by atoms with Crippen molar-refractivity contribution in [2.75, 3.05) is 0 Å². The zero-order valence-electron chi connectivity index (χ0n) is 6.03. The zero-order valence-corrected chi connectivity index (χ0v) is 6.03. The molecular formula is C7H8O4. The minimum Gasteiger partial charge on any atom is -0.481 e. The van der Waals surface area contributed by atoms with E-state index in [1.807, 2.05) is 0 Å². The number of carbonyl (C=O) groups is 2. The van der Waals surface area contributed by atoms with Crippen LogP contribution < -0.4 is 0 Å². The minimum atomic E-state index is -1.06. The number of carboxylic acid groups (broad SMARTS) is 1. The monoisotopic (exact) mass is 156 g/mol. The predicted molar refractivity (Wildman–Crippen MR) is 35.8 cm³/mol. The summed E-state index contributed by atoms with van der Waals surface area (Å²) in [6.07, 6.45) is -0.590. The Morgan fingerprint density at radius 2 is 2.27 bits per heavy atom. The van der Waals surface area contributed by atoms with Gasteiger partial charge in [0.05, 0.1) is 0 Å². The van der Waals surface area contributed by atoms with Crippen molar-refractivity contribution in [1.29, 1.82) is 0 Å². The molecule has 4 nitrogen and oxygen atoms in total. The first-order chi connectivity index (χ1) is 5.04. The molecule has 0 spiro atoms. The lowest BCUT2D eigenvalue weighted by Gasteiger charge is -2.05. The SMILES string of the molecule is C=C1C(=O)OC(C)C1C(=O)O. The number of carbonyl (C=O) groups excluding carboxylic acids is 1. The van der Waals surface area contributed by atoms with E-state index in [2.05, 4.69) is 11.3 Å². The Kier molecular flexibility index (Phi) is 1.68. The first-order valence-electron chi connectivity index (χ1n) is 3.16. The van der Waals surface area contributed by atoms with Crippen LogP contribution in [0.2, 0.25) is 0 Å². The Morgan fingerprint density at radius 1 is 1.73 bits per heavy atom. The standard InChI is InChI=1S/C7H8O4/c1-3-5(6(8)9)4(2)11-7(3)10/h4-5H,1H2,2H3,(H,8,9). The third-order valence-electron chi connectivity index (χ3n) is 1.67. The fourth-order valence-corrected chi connectivity index (χ4v) is 1.07. The summed E-state index contributed by atoms with van der Waals surface area (Å²) in [6, 6.07) is 0. The van der Waals surface area contributed by atoms with Crippen LogP contribution in [-0.2, 0) is 14.3 Å². The molecule has 0 amide bonds. The molecule has 1 heterocycles. The highest BCUT2D eigenvalue weighted by atomic mass is 16.6. The average molecular weight is 156 g/mol. The molecule has 0 aromatic rings. The first-order valence-corrected chi connectivity index (χ1v) is 3.16. The van der Waals surface area contributed by atoms with Crippen molar-refractivity contribution in [3.63, 3.8) is 0 Å². The van der Waals surface area contributed by atoms with E-state index in [1.54, 1.807) is 0 Å². The predicted octanol–water partition coefficient (Wildman–Crippen LogP) is 0.189. The van der Waals surface area contributed by atoms with Crippen molar-refractivity contribution in [3.05, 3.63) is 12.2 Å². The number of aliphatic carboxylic acids is 1. The Bertz CT molecular complexity index is 231. The van der Waals surface area contributed by atoms with Crippen molar-refractivity contribution >= 4 is 11.9 Å². The third-order valence-corrected chi connectivity index (χ3v) is 1.67. The van der Waals surface area contributed by atoms with E-state index in [1.165, 1.54) is 6.92 Å². The van der Waals surface area contributed by atoms with E-state index in [9.17, 15) is 9.59 Å². The summed E-state index contributed by atoms with van der Waals surface area (Å²) >= 11 is 0. The molecule has 4 heteroatoms. The molecule has 0 radical (unpaired) electrons. The molecule has 60 valence electrons. The summed E-state index contributed by atoms with van der Waals surface area (Å²) in [5, 5.41) is 8.58. The molecular weight excluding hydrogens is 148 g/mol. The second-order valence-corrected chi connectivity index (χ2v) is 2.45. The van der Waals surface area contributed by atoms with Gasteiger partial charge in [0, 0.05) is 5.57 Å². The molecule has 1 aliphatic heterocycles. The molecule has 1 aliphatic rings. The van der Waals surface area contributed by atoms with Gasteiger partial charge in [-0.05, 0) is 6.92 Å².